The third-order valence-electron chi connectivity index (χ3n) is 2.61. The van der Waals surface area contributed by atoms with Gasteiger partial charge in [-0.25, -0.2) is 9.18 Å². The maximum atomic E-state index is 13.3. The van der Waals surface area contributed by atoms with Gasteiger partial charge >= 0.3 is 5.97 Å². The maximum absolute atomic E-state index is 13.3. The Hall–Kier alpha value is -1.58. The number of esters is 1. The largest absolute Gasteiger partial charge is 0.465 e. The Kier molecular flexibility index (Phi) is 4.08. The van der Waals surface area contributed by atoms with Crippen molar-refractivity contribution < 1.29 is 13.9 Å². The van der Waals surface area contributed by atoms with Crippen molar-refractivity contribution in [2.45, 2.75) is 0 Å². The molecule has 0 saturated heterocycles. The van der Waals surface area contributed by atoms with Crippen molar-refractivity contribution in [1.29, 1.82) is 0 Å². The lowest BCUT2D eigenvalue weighted by Gasteiger charge is -2.10. The fourth-order valence-corrected chi connectivity index (χ4v) is 2.13. The predicted molar refractivity (Wildman–Crippen MR) is 73.2 cm³/mol. The number of halogens is 3. The molecule has 0 aromatic heterocycles. The van der Waals surface area contributed by atoms with Crippen LogP contribution in [0.25, 0.3) is 11.1 Å². The fourth-order valence-electron chi connectivity index (χ4n) is 1.73. The van der Waals surface area contributed by atoms with E-state index >= 15 is 0 Å². The van der Waals surface area contributed by atoms with E-state index in [-0.39, 0.29) is 5.56 Å². The van der Waals surface area contributed by atoms with Crippen LogP contribution in [0, 0.1) is 5.82 Å². The molecule has 98 valence electrons. The quantitative estimate of drug-likeness (QED) is 0.758. The minimum absolute atomic E-state index is 0.103. The van der Waals surface area contributed by atoms with E-state index in [0.717, 1.165) is 6.07 Å². The van der Waals surface area contributed by atoms with Crippen LogP contribution in [0.5, 0.6) is 0 Å². The second kappa shape index (κ2) is 5.59. The number of methoxy groups -OCH3 is 1. The van der Waals surface area contributed by atoms with Crippen LogP contribution in [0.2, 0.25) is 10.0 Å². The van der Waals surface area contributed by atoms with Gasteiger partial charge in [0, 0.05) is 15.6 Å². The maximum Gasteiger partial charge on any atom is 0.338 e. The number of ether oxygens (including phenoxy) is 1. The van der Waals surface area contributed by atoms with E-state index in [1.807, 2.05) is 0 Å². The van der Waals surface area contributed by atoms with Gasteiger partial charge in [0.2, 0.25) is 0 Å². The summed E-state index contributed by atoms with van der Waals surface area (Å²) in [6.45, 7) is 0. The van der Waals surface area contributed by atoms with Crippen LogP contribution >= 0.6 is 23.2 Å². The lowest BCUT2D eigenvalue weighted by Crippen LogP contribution is -2.04. The molecular weight excluding hydrogens is 290 g/mol. The second-order valence-electron chi connectivity index (χ2n) is 3.81. The minimum atomic E-state index is -0.634. The van der Waals surface area contributed by atoms with Crippen molar-refractivity contribution in [2.75, 3.05) is 7.11 Å². The molecule has 0 fully saturated rings. The first kappa shape index (κ1) is 13.8. The molecule has 0 radical (unpaired) electrons. The van der Waals surface area contributed by atoms with Crippen molar-refractivity contribution in [2.24, 2.45) is 0 Å². The van der Waals surface area contributed by atoms with Gasteiger partial charge in [-0.2, -0.15) is 0 Å². The number of benzene rings is 2. The molecule has 2 rings (SSSR count). The summed E-state index contributed by atoms with van der Waals surface area (Å²) in [5.74, 6) is -1.16. The Bertz CT molecular complexity index is 641. The van der Waals surface area contributed by atoms with Crippen LogP contribution in [0.15, 0.2) is 36.4 Å². The van der Waals surface area contributed by atoms with E-state index < -0.39 is 11.8 Å². The zero-order valence-corrected chi connectivity index (χ0v) is 11.4. The lowest BCUT2D eigenvalue weighted by atomic mass is 9.99. The lowest BCUT2D eigenvalue weighted by molar-refractivity contribution is 0.0601. The summed E-state index contributed by atoms with van der Waals surface area (Å²) in [6, 6.07) is 8.69. The van der Waals surface area contributed by atoms with Gasteiger partial charge in [0.1, 0.15) is 5.82 Å². The average molecular weight is 299 g/mol. The number of hydrogen-bond acceptors (Lipinski definition) is 2. The van der Waals surface area contributed by atoms with Crippen molar-refractivity contribution in [3.8, 4) is 11.1 Å². The minimum Gasteiger partial charge on any atom is -0.465 e. The Balaban J connectivity index is 2.68. The zero-order chi connectivity index (χ0) is 14.0. The third-order valence-corrected chi connectivity index (χ3v) is 3.17. The molecule has 0 unspecified atom stereocenters. The first-order chi connectivity index (χ1) is 9.02. The molecule has 5 heteroatoms. The Morgan fingerprint density at radius 3 is 2.53 bits per heavy atom. The number of carbonyl (C=O) groups excluding carboxylic acids is 1. The molecule has 0 atom stereocenters. The molecule has 0 N–H and O–H groups in total. The van der Waals surface area contributed by atoms with Crippen molar-refractivity contribution in [3.05, 3.63) is 57.8 Å². The summed E-state index contributed by atoms with van der Waals surface area (Å²) in [5, 5.41) is 0.890. The number of carbonyl (C=O) groups is 1. The first-order valence-electron chi connectivity index (χ1n) is 5.36. The Morgan fingerprint density at radius 2 is 1.84 bits per heavy atom. The van der Waals surface area contributed by atoms with E-state index in [4.69, 9.17) is 23.2 Å². The average Bonchev–Trinajstić information content (AvgIpc) is 2.41. The van der Waals surface area contributed by atoms with Crippen LogP contribution in [0.4, 0.5) is 4.39 Å². The van der Waals surface area contributed by atoms with Gasteiger partial charge in [0.15, 0.2) is 0 Å². The highest BCUT2D eigenvalue weighted by Gasteiger charge is 2.16. The molecule has 2 aromatic rings. The van der Waals surface area contributed by atoms with E-state index in [1.165, 1.54) is 19.2 Å². The van der Waals surface area contributed by atoms with Gasteiger partial charge in [-0.15, -0.1) is 0 Å². The van der Waals surface area contributed by atoms with Crippen molar-refractivity contribution in [3.63, 3.8) is 0 Å². The molecule has 0 aliphatic carbocycles. The highest BCUT2D eigenvalue weighted by atomic mass is 35.5. The van der Waals surface area contributed by atoms with Gasteiger partial charge in [0.25, 0.3) is 0 Å². The molecule has 0 spiro atoms. The topological polar surface area (TPSA) is 26.3 Å². The number of rotatable bonds is 2. The molecule has 0 saturated carbocycles. The van der Waals surface area contributed by atoms with E-state index in [2.05, 4.69) is 4.74 Å². The molecule has 0 heterocycles. The standard InChI is InChI=1S/C14H9Cl2FO2/c1-19-14(18)12-7-9(17)3-4-10(12)11-6-8(15)2-5-13(11)16/h2-7H,1H3. The van der Waals surface area contributed by atoms with Crippen molar-refractivity contribution in [1.82, 2.24) is 0 Å². The summed E-state index contributed by atoms with van der Waals surface area (Å²) >= 11 is 12.0. The van der Waals surface area contributed by atoms with Crippen LogP contribution in [0.1, 0.15) is 10.4 Å². The molecule has 0 aliphatic rings. The van der Waals surface area contributed by atoms with E-state index in [9.17, 15) is 9.18 Å². The Labute approximate surface area is 119 Å². The number of hydrogen-bond donors (Lipinski definition) is 0. The van der Waals surface area contributed by atoms with E-state index in [0.29, 0.717) is 21.2 Å². The highest BCUT2D eigenvalue weighted by Crippen LogP contribution is 2.33. The molecule has 0 amide bonds. The molecule has 19 heavy (non-hydrogen) atoms. The first-order valence-corrected chi connectivity index (χ1v) is 6.12. The summed E-state index contributed by atoms with van der Waals surface area (Å²) in [4.78, 5) is 11.7. The van der Waals surface area contributed by atoms with Crippen LogP contribution in [-0.2, 0) is 4.74 Å². The molecule has 2 nitrogen and oxygen atoms in total. The van der Waals surface area contributed by atoms with Crippen molar-refractivity contribution >= 4 is 29.2 Å². The Morgan fingerprint density at radius 1 is 1.11 bits per heavy atom. The second-order valence-corrected chi connectivity index (χ2v) is 4.65. The smallest absolute Gasteiger partial charge is 0.338 e. The van der Waals surface area contributed by atoms with Crippen LogP contribution in [-0.4, -0.2) is 13.1 Å². The SMILES string of the molecule is COC(=O)c1cc(F)ccc1-c1cc(Cl)ccc1Cl. The van der Waals surface area contributed by atoms with Gasteiger partial charge in [-0.3, -0.25) is 0 Å². The van der Waals surface area contributed by atoms with Gasteiger partial charge < -0.3 is 4.74 Å². The molecule has 0 bridgehead atoms. The normalized spacial score (nSPS) is 10.3. The van der Waals surface area contributed by atoms with Gasteiger partial charge in [-0.1, -0.05) is 29.3 Å². The van der Waals surface area contributed by atoms with Gasteiger partial charge in [0.05, 0.1) is 12.7 Å². The zero-order valence-electron chi connectivity index (χ0n) is 9.91. The predicted octanol–water partition coefficient (Wildman–Crippen LogP) is 4.59. The monoisotopic (exact) mass is 298 g/mol. The summed E-state index contributed by atoms with van der Waals surface area (Å²) in [5.41, 5.74) is 1.13. The van der Waals surface area contributed by atoms with E-state index in [1.54, 1.807) is 18.2 Å². The summed E-state index contributed by atoms with van der Waals surface area (Å²) in [6.07, 6.45) is 0. The molecule has 0 aliphatic heterocycles. The summed E-state index contributed by atoms with van der Waals surface area (Å²) in [7, 11) is 1.23. The fraction of sp³-hybridized carbons (Fsp3) is 0.0714. The molecular formula is C14H9Cl2FO2. The highest BCUT2D eigenvalue weighted by molar-refractivity contribution is 6.35. The third kappa shape index (κ3) is 2.88. The van der Waals surface area contributed by atoms with Crippen LogP contribution in [0.3, 0.4) is 0 Å². The molecule has 2 aromatic carbocycles. The van der Waals surface area contributed by atoms with Crippen LogP contribution < -0.4 is 0 Å². The van der Waals surface area contributed by atoms with Gasteiger partial charge in [-0.05, 0) is 35.9 Å². The summed E-state index contributed by atoms with van der Waals surface area (Å²) < 4.78 is 17.9.